The zero-order chi connectivity index (χ0) is 18.9. The highest BCUT2D eigenvalue weighted by molar-refractivity contribution is 5.85. The molecule has 2 heterocycles. The molecule has 0 radical (unpaired) electrons. The van der Waals surface area contributed by atoms with Crippen molar-refractivity contribution in [2.75, 3.05) is 40.4 Å². The van der Waals surface area contributed by atoms with Crippen LogP contribution >= 0.6 is 24.8 Å². The summed E-state index contributed by atoms with van der Waals surface area (Å²) in [5.41, 5.74) is 1.49. The Morgan fingerprint density at radius 3 is 2.45 bits per heavy atom. The third-order valence-electron chi connectivity index (χ3n) is 6.54. The maximum atomic E-state index is 12.7. The molecule has 8 heteroatoms. The molecule has 1 spiro atoms. The summed E-state index contributed by atoms with van der Waals surface area (Å²) < 4.78 is 10.7. The van der Waals surface area contributed by atoms with Crippen molar-refractivity contribution in [2.45, 2.75) is 38.3 Å². The standard InChI is InChI=1S/C21H31N3O3.2ClH/c1-26-17-9-15(10-18(11-17)27-2)13-24-8-3-16(14-24)23-20(25)19-12-21(19)4-6-22-7-5-21;;/h9-11,16,19,22H,3-8,12-14H2,1-2H3,(H,23,25);2*1H. The highest BCUT2D eigenvalue weighted by Crippen LogP contribution is 2.58. The van der Waals surface area contributed by atoms with Crippen LogP contribution in [-0.2, 0) is 11.3 Å². The van der Waals surface area contributed by atoms with Gasteiger partial charge in [0.2, 0.25) is 5.91 Å². The summed E-state index contributed by atoms with van der Waals surface area (Å²) >= 11 is 0. The minimum atomic E-state index is 0. The van der Waals surface area contributed by atoms with Crippen LogP contribution in [0.25, 0.3) is 0 Å². The number of likely N-dealkylation sites (tertiary alicyclic amines) is 1. The lowest BCUT2D eigenvalue weighted by atomic mass is 9.91. The molecule has 1 aliphatic carbocycles. The number of methoxy groups -OCH3 is 2. The Balaban J connectivity index is 0.00000150. The Morgan fingerprint density at radius 2 is 1.83 bits per heavy atom. The van der Waals surface area contributed by atoms with Gasteiger partial charge in [0, 0.05) is 37.7 Å². The maximum Gasteiger partial charge on any atom is 0.223 e. The molecule has 3 aliphatic rings. The summed E-state index contributed by atoms with van der Waals surface area (Å²) in [6.45, 7) is 4.88. The first kappa shape index (κ1) is 24.1. The summed E-state index contributed by atoms with van der Waals surface area (Å²) in [6.07, 6.45) is 4.41. The van der Waals surface area contributed by atoms with E-state index >= 15 is 0 Å². The number of benzene rings is 1. The molecule has 2 atom stereocenters. The van der Waals surface area contributed by atoms with Crippen molar-refractivity contribution in [2.24, 2.45) is 11.3 Å². The van der Waals surface area contributed by atoms with Gasteiger partial charge in [0.05, 0.1) is 14.2 Å². The molecule has 164 valence electrons. The van der Waals surface area contributed by atoms with E-state index in [2.05, 4.69) is 27.7 Å². The van der Waals surface area contributed by atoms with Crippen LogP contribution in [0.15, 0.2) is 18.2 Å². The van der Waals surface area contributed by atoms with Gasteiger partial charge in [-0.25, -0.2) is 0 Å². The van der Waals surface area contributed by atoms with E-state index in [0.29, 0.717) is 5.41 Å². The predicted octanol–water partition coefficient (Wildman–Crippen LogP) is 2.63. The van der Waals surface area contributed by atoms with E-state index in [9.17, 15) is 4.79 Å². The van der Waals surface area contributed by atoms with Crippen LogP contribution in [0.4, 0.5) is 0 Å². The van der Waals surface area contributed by atoms with Crippen LogP contribution < -0.4 is 20.1 Å². The minimum absolute atomic E-state index is 0. The van der Waals surface area contributed by atoms with Gasteiger partial charge in [0.1, 0.15) is 11.5 Å². The molecule has 0 aromatic heterocycles. The van der Waals surface area contributed by atoms with Gasteiger partial charge in [-0.05, 0) is 61.9 Å². The molecule has 2 saturated heterocycles. The number of rotatable bonds is 6. The SMILES string of the molecule is COc1cc(CN2CCC(NC(=O)C3CC34CCNCC4)C2)cc(OC)c1.Cl.Cl. The molecule has 2 unspecified atom stereocenters. The Kier molecular flexibility index (Phi) is 8.47. The number of hydrogen-bond acceptors (Lipinski definition) is 5. The fourth-order valence-corrected chi connectivity index (χ4v) is 4.81. The molecular formula is C21H33Cl2N3O3. The van der Waals surface area contributed by atoms with Crippen molar-refractivity contribution >= 4 is 30.7 Å². The molecule has 29 heavy (non-hydrogen) atoms. The fraction of sp³-hybridized carbons (Fsp3) is 0.667. The van der Waals surface area contributed by atoms with Gasteiger partial charge in [-0.1, -0.05) is 0 Å². The average molecular weight is 446 g/mol. The minimum Gasteiger partial charge on any atom is -0.497 e. The largest absolute Gasteiger partial charge is 0.497 e. The monoisotopic (exact) mass is 445 g/mol. The Bertz CT molecular complexity index is 675. The van der Waals surface area contributed by atoms with Gasteiger partial charge < -0.3 is 20.1 Å². The van der Waals surface area contributed by atoms with E-state index in [1.165, 1.54) is 5.56 Å². The summed E-state index contributed by atoms with van der Waals surface area (Å²) in [5, 5.41) is 6.72. The highest BCUT2D eigenvalue weighted by Gasteiger charge is 2.57. The van der Waals surface area contributed by atoms with E-state index in [-0.39, 0.29) is 42.7 Å². The lowest BCUT2D eigenvalue weighted by molar-refractivity contribution is -0.123. The lowest BCUT2D eigenvalue weighted by Crippen LogP contribution is -2.40. The number of halogens is 2. The fourth-order valence-electron chi connectivity index (χ4n) is 4.81. The highest BCUT2D eigenvalue weighted by atomic mass is 35.5. The molecule has 2 aliphatic heterocycles. The molecule has 6 nitrogen and oxygen atoms in total. The Labute approximate surface area is 185 Å². The van der Waals surface area contributed by atoms with Gasteiger partial charge >= 0.3 is 0 Å². The van der Waals surface area contributed by atoms with E-state index < -0.39 is 0 Å². The summed E-state index contributed by atoms with van der Waals surface area (Å²) in [6, 6.07) is 6.27. The molecule has 4 rings (SSSR count). The quantitative estimate of drug-likeness (QED) is 0.704. The smallest absolute Gasteiger partial charge is 0.223 e. The van der Waals surface area contributed by atoms with E-state index in [4.69, 9.17) is 9.47 Å². The maximum absolute atomic E-state index is 12.7. The third kappa shape index (κ3) is 5.48. The Morgan fingerprint density at radius 1 is 1.17 bits per heavy atom. The topological polar surface area (TPSA) is 62.8 Å². The molecule has 3 fully saturated rings. The zero-order valence-electron chi connectivity index (χ0n) is 17.2. The first-order valence-electron chi connectivity index (χ1n) is 10.1. The molecular weight excluding hydrogens is 413 g/mol. The third-order valence-corrected chi connectivity index (χ3v) is 6.54. The van der Waals surface area contributed by atoms with Crippen molar-refractivity contribution in [1.29, 1.82) is 0 Å². The number of ether oxygens (including phenoxy) is 2. The molecule has 1 amide bonds. The first-order valence-corrected chi connectivity index (χ1v) is 10.1. The zero-order valence-corrected chi connectivity index (χ0v) is 18.9. The molecule has 0 bridgehead atoms. The van der Waals surface area contributed by atoms with Crippen molar-refractivity contribution in [1.82, 2.24) is 15.5 Å². The number of piperidine rings is 1. The summed E-state index contributed by atoms with van der Waals surface area (Å²) in [7, 11) is 3.35. The lowest BCUT2D eigenvalue weighted by Gasteiger charge is -2.23. The number of nitrogens with one attached hydrogen (secondary N) is 2. The predicted molar refractivity (Wildman–Crippen MR) is 119 cm³/mol. The van der Waals surface area contributed by atoms with Gasteiger partial charge in [-0.2, -0.15) is 0 Å². The van der Waals surface area contributed by atoms with Gasteiger partial charge in [-0.15, -0.1) is 24.8 Å². The van der Waals surface area contributed by atoms with Crippen LogP contribution in [-0.4, -0.2) is 57.2 Å². The van der Waals surface area contributed by atoms with Crippen molar-refractivity contribution in [3.63, 3.8) is 0 Å². The normalized spacial score (nSPS) is 24.9. The first-order chi connectivity index (χ1) is 13.1. The number of nitrogens with zero attached hydrogens (tertiary/aromatic N) is 1. The van der Waals surface area contributed by atoms with Crippen LogP contribution in [0.5, 0.6) is 11.5 Å². The van der Waals surface area contributed by atoms with Gasteiger partial charge in [0.15, 0.2) is 0 Å². The second-order valence-electron chi connectivity index (χ2n) is 8.32. The molecule has 2 N–H and O–H groups in total. The molecule has 1 aromatic carbocycles. The van der Waals surface area contributed by atoms with E-state index in [1.807, 2.05) is 6.07 Å². The summed E-state index contributed by atoms with van der Waals surface area (Å²) in [5.74, 6) is 2.16. The van der Waals surface area contributed by atoms with Crippen molar-refractivity contribution in [3.05, 3.63) is 23.8 Å². The number of carbonyl (C=O) groups excluding carboxylic acids is 1. The average Bonchev–Trinajstić information content (AvgIpc) is 3.20. The summed E-state index contributed by atoms with van der Waals surface area (Å²) in [4.78, 5) is 15.1. The van der Waals surface area contributed by atoms with Crippen LogP contribution in [0.3, 0.4) is 0 Å². The van der Waals surface area contributed by atoms with Crippen LogP contribution in [0.2, 0.25) is 0 Å². The van der Waals surface area contributed by atoms with E-state index in [1.54, 1.807) is 14.2 Å². The second-order valence-corrected chi connectivity index (χ2v) is 8.32. The Hall–Kier alpha value is -1.21. The van der Waals surface area contributed by atoms with Crippen LogP contribution in [0.1, 0.15) is 31.2 Å². The second kappa shape index (κ2) is 10.2. The molecule has 1 aromatic rings. The van der Waals surface area contributed by atoms with Crippen LogP contribution in [0, 0.1) is 11.3 Å². The molecule has 1 saturated carbocycles. The van der Waals surface area contributed by atoms with Gasteiger partial charge in [0.25, 0.3) is 0 Å². The number of carbonyl (C=O) groups is 1. The number of hydrogen-bond donors (Lipinski definition) is 2. The number of amides is 1. The van der Waals surface area contributed by atoms with E-state index in [0.717, 1.165) is 69.9 Å². The van der Waals surface area contributed by atoms with Crippen molar-refractivity contribution < 1.29 is 14.3 Å². The van der Waals surface area contributed by atoms with Crippen molar-refractivity contribution in [3.8, 4) is 11.5 Å². The van der Waals surface area contributed by atoms with Gasteiger partial charge in [-0.3, -0.25) is 9.69 Å².